The molecule has 2 amide bonds. The predicted molar refractivity (Wildman–Crippen MR) is 99.6 cm³/mol. The fourth-order valence-corrected chi connectivity index (χ4v) is 3.25. The maximum atomic E-state index is 12.6. The number of hydrogen-bond donors (Lipinski definition) is 1. The van der Waals surface area contributed by atoms with E-state index in [1.807, 2.05) is 36.1 Å². The van der Waals surface area contributed by atoms with Gasteiger partial charge in [-0.15, -0.1) is 0 Å². The van der Waals surface area contributed by atoms with Crippen LogP contribution in [0.25, 0.3) is 10.9 Å². The second-order valence-electron chi connectivity index (χ2n) is 7.18. The molecule has 0 saturated carbocycles. The SMILES string of the molecule is CC(C)Cc1ncc2c(n1)CN(C(=O)Nc1ccc3c(cnn3C)c1)C2. The van der Waals surface area contributed by atoms with Gasteiger partial charge in [0.15, 0.2) is 0 Å². The van der Waals surface area contributed by atoms with E-state index in [1.165, 1.54) is 0 Å². The van der Waals surface area contributed by atoms with Crippen molar-refractivity contribution < 1.29 is 4.79 Å². The molecule has 2 aromatic heterocycles. The third-order valence-corrected chi connectivity index (χ3v) is 4.58. The Morgan fingerprint density at radius 2 is 2.12 bits per heavy atom. The number of aryl methyl sites for hydroxylation is 1. The number of urea groups is 1. The highest BCUT2D eigenvalue weighted by molar-refractivity contribution is 5.92. The highest BCUT2D eigenvalue weighted by Gasteiger charge is 2.25. The lowest BCUT2D eigenvalue weighted by Crippen LogP contribution is -2.30. The quantitative estimate of drug-likeness (QED) is 0.787. The molecule has 0 fully saturated rings. The van der Waals surface area contributed by atoms with Crippen molar-refractivity contribution in [2.24, 2.45) is 13.0 Å². The van der Waals surface area contributed by atoms with Gasteiger partial charge in [0, 0.05) is 36.3 Å². The first kappa shape index (κ1) is 16.5. The van der Waals surface area contributed by atoms with E-state index in [0.717, 1.165) is 40.1 Å². The molecule has 3 heterocycles. The molecule has 1 aromatic carbocycles. The third-order valence-electron chi connectivity index (χ3n) is 4.58. The van der Waals surface area contributed by atoms with Crippen LogP contribution in [0.4, 0.5) is 10.5 Å². The van der Waals surface area contributed by atoms with E-state index in [2.05, 4.69) is 34.2 Å². The van der Waals surface area contributed by atoms with Crippen molar-refractivity contribution in [3.8, 4) is 0 Å². The van der Waals surface area contributed by atoms with E-state index in [4.69, 9.17) is 0 Å². The van der Waals surface area contributed by atoms with Crippen LogP contribution in [0.2, 0.25) is 0 Å². The molecule has 0 unspecified atom stereocenters. The van der Waals surface area contributed by atoms with Crippen LogP contribution >= 0.6 is 0 Å². The molecule has 7 nitrogen and oxygen atoms in total. The predicted octanol–water partition coefficient (Wildman–Crippen LogP) is 3.11. The van der Waals surface area contributed by atoms with Crippen molar-refractivity contribution in [1.29, 1.82) is 0 Å². The second-order valence-corrected chi connectivity index (χ2v) is 7.18. The molecule has 134 valence electrons. The van der Waals surface area contributed by atoms with Crippen molar-refractivity contribution in [3.05, 3.63) is 47.7 Å². The Labute approximate surface area is 152 Å². The van der Waals surface area contributed by atoms with Crippen molar-refractivity contribution >= 4 is 22.6 Å². The first-order valence-electron chi connectivity index (χ1n) is 8.81. The van der Waals surface area contributed by atoms with Crippen LogP contribution in [0.3, 0.4) is 0 Å². The summed E-state index contributed by atoms with van der Waals surface area (Å²) in [7, 11) is 1.90. The molecule has 0 spiro atoms. The summed E-state index contributed by atoms with van der Waals surface area (Å²) >= 11 is 0. The Kier molecular flexibility index (Phi) is 4.06. The zero-order valence-electron chi connectivity index (χ0n) is 15.2. The first-order valence-corrected chi connectivity index (χ1v) is 8.81. The van der Waals surface area contributed by atoms with Crippen LogP contribution in [-0.2, 0) is 26.6 Å². The monoisotopic (exact) mass is 350 g/mol. The molecule has 1 N–H and O–H groups in total. The molecule has 4 rings (SSSR count). The number of rotatable bonds is 3. The maximum Gasteiger partial charge on any atom is 0.322 e. The lowest BCUT2D eigenvalue weighted by atomic mass is 10.1. The van der Waals surface area contributed by atoms with Gasteiger partial charge in [0.1, 0.15) is 5.82 Å². The van der Waals surface area contributed by atoms with Gasteiger partial charge in [-0.3, -0.25) is 4.68 Å². The molecular weight excluding hydrogens is 328 g/mol. The van der Waals surface area contributed by atoms with Gasteiger partial charge in [0.2, 0.25) is 0 Å². The van der Waals surface area contributed by atoms with E-state index in [-0.39, 0.29) is 6.03 Å². The van der Waals surface area contributed by atoms with Crippen molar-refractivity contribution in [1.82, 2.24) is 24.6 Å². The highest BCUT2D eigenvalue weighted by atomic mass is 16.2. The van der Waals surface area contributed by atoms with Gasteiger partial charge in [-0.1, -0.05) is 13.8 Å². The number of amides is 2. The summed E-state index contributed by atoms with van der Waals surface area (Å²) < 4.78 is 1.81. The molecule has 1 aliphatic heterocycles. The molecule has 7 heteroatoms. The number of benzene rings is 1. The van der Waals surface area contributed by atoms with Gasteiger partial charge in [-0.05, 0) is 24.1 Å². The summed E-state index contributed by atoms with van der Waals surface area (Å²) in [5.41, 5.74) is 3.77. The minimum absolute atomic E-state index is 0.128. The van der Waals surface area contributed by atoms with Crippen molar-refractivity contribution in [3.63, 3.8) is 0 Å². The van der Waals surface area contributed by atoms with E-state index >= 15 is 0 Å². The average Bonchev–Trinajstić information content (AvgIpc) is 3.18. The smallest absolute Gasteiger partial charge is 0.314 e. The van der Waals surface area contributed by atoms with E-state index in [0.29, 0.717) is 19.0 Å². The number of nitrogens with one attached hydrogen (secondary N) is 1. The zero-order chi connectivity index (χ0) is 18.3. The number of anilines is 1. The standard InChI is InChI=1S/C19H22N6O/c1-12(2)6-18-20-8-14-10-25(11-16(14)23-18)19(26)22-15-4-5-17-13(7-15)9-21-24(17)3/h4-5,7-9,12H,6,10-11H2,1-3H3,(H,22,26). The first-order chi connectivity index (χ1) is 12.5. The summed E-state index contributed by atoms with van der Waals surface area (Å²) in [6.07, 6.45) is 4.50. The van der Waals surface area contributed by atoms with Crippen LogP contribution in [0.1, 0.15) is 30.9 Å². The molecule has 3 aromatic rings. The Hall–Kier alpha value is -2.96. The number of carbonyl (C=O) groups is 1. The molecule has 0 aliphatic carbocycles. The zero-order valence-corrected chi connectivity index (χ0v) is 15.2. The highest BCUT2D eigenvalue weighted by Crippen LogP contribution is 2.23. The molecule has 0 bridgehead atoms. The number of carbonyl (C=O) groups excluding carboxylic acids is 1. The molecule has 0 radical (unpaired) electrons. The van der Waals surface area contributed by atoms with Crippen LogP contribution in [0.5, 0.6) is 0 Å². The van der Waals surface area contributed by atoms with Crippen LogP contribution in [0, 0.1) is 5.92 Å². The lowest BCUT2D eigenvalue weighted by Gasteiger charge is -2.16. The van der Waals surface area contributed by atoms with Gasteiger partial charge in [-0.25, -0.2) is 14.8 Å². The minimum Gasteiger partial charge on any atom is -0.314 e. The van der Waals surface area contributed by atoms with Crippen molar-refractivity contribution in [2.75, 3.05) is 5.32 Å². The van der Waals surface area contributed by atoms with Crippen LogP contribution in [0.15, 0.2) is 30.6 Å². The normalized spacial score (nSPS) is 13.5. The maximum absolute atomic E-state index is 12.6. The molecular formula is C19H22N6O. The summed E-state index contributed by atoms with van der Waals surface area (Å²) in [5, 5.41) is 8.20. The topological polar surface area (TPSA) is 75.9 Å². The lowest BCUT2D eigenvalue weighted by molar-refractivity contribution is 0.212. The average molecular weight is 350 g/mol. The molecule has 0 atom stereocenters. The third kappa shape index (κ3) is 3.12. The van der Waals surface area contributed by atoms with E-state index in [9.17, 15) is 4.79 Å². The number of hydrogen-bond acceptors (Lipinski definition) is 4. The Morgan fingerprint density at radius 3 is 2.92 bits per heavy atom. The summed E-state index contributed by atoms with van der Waals surface area (Å²) in [4.78, 5) is 23.4. The Morgan fingerprint density at radius 1 is 1.27 bits per heavy atom. The van der Waals surface area contributed by atoms with E-state index in [1.54, 1.807) is 11.1 Å². The summed E-state index contributed by atoms with van der Waals surface area (Å²) in [6, 6.07) is 5.66. The second kappa shape index (κ2) is 6.40. The number of aromatic nitrogens is 4. The fourth-order valence-electron chi connectivity index (χ4n) is 3.25. The van der Waals surface area contributed by atoms with E-state index < -0.39 is 0 Å². The summed E-state index contributed by atoms with van der Waals surface area (Å²) in [5.74, 6) is 1.36. The van der Waals surface area contributed by atoms with Crippen molar-refractivity contribution in [2.45, 2.75) is 33.4 Å². The van der Waals surface area contributed by atoms with Crippen LogP contribution < -0.4 is 5.32 Å². The van der Waals surface area contributed by atoms with Gasteiger partial charge in [0.05, 0.1) is 30.5 Å². The Balaban J connectivity index is 1.46. The minimum atomic E-state index is -0.128. The fraction of sp³-hybridized carbons (Fsp3) is 0.368. The molecule has 26 heavy (non-hydrogen) atoms. The molecule has 0 saturated heterocycles. The Bertz CT molecular complexity index is 977. The van der Waals surface area contributed by atoms with Gasteiger partial charge >= 0.3 is 6.03 Å². The largest absolute Gasteiger partial charge is 0.322 e. The van der Waals surface area contributed by atoms with Gasteiger partial charge in [0.25, 0.3) is 0 Å². The van der Waals surface area contributed by atoms with Gasteiger partial charge in [-0.2, -0.15) is 5.10 Å². The summed E-state index contributed by atoms with van der Waals surface area (Å²) in [6.45, 7) is 5.35. The van der Waals surface area contributed by atoms with Gasteiger partial charge < -0.3 is 10.2 Å². The number of fused-ring (bicyclic) bond motifs is 2. The van der Waals surface area contributed by atoms with Crippen LogP contribution in [-0.4, -0.2) is 30.7 Å². The molecule has 1 aliphatic rings. The number of nitrogens with zero attached hydrogens (tertiary/aromatic N) is 5.